The van der Waals surface area contributed by atoms with E-state index < -0.39 is 0 Å². The summed E-state index contributed by atoms with van der Waals surface area (Å²) in [4.78, 5) is 11.4. The predicted molar refractivity (Wildman–Crippen MR) is 48.3 cm³/mol. The van der Waals surface area contributed by atoms with Crippen LogP contribution in [0.4, 0.5) is 0 Å². The number of aliphatic hydroxyl groups excluding tert-OH is 1. The van der Waals surface area contributed by atoms with Gasteiger partial charge in [-0.25, -0.2) is 0 Å². The van der Waals surface area contributed by atoms with Crippen LogP contribution >= 0.6 is 0 Å². The quantitative estimate of drug-likeness (QED) is 0.654. The minimum atomic E-state index is -0.263. The molecule has 1 saturated heterocycles. The molecule has 0 bridgehead atoms. The molecule has 2 atom stereocenters. The average Bonchev–Trinajstić information content (AvgIpc) is 2.55. The van der Waals surface area contributed by atoms with Gasteiger partial charge >= 0.3 is 0 Å². The van der Waals surface area contributed by atoms with Gasteiger partial charge in [0, 0.05) is 19.3 Å². The Labute approximate surface area is 78.3 Å². The van der Waals surface area contributed by atoms with Crippen molar-refractivity contribution in [2.24, 2.45) is 0 Å². The van der Waals surface area contributed by atoms with Crippen LogP contribution in [0.15, 0.2) is 0 Å². The molecule has 76 valence electrons. The molecular weight excluding hydrogens is 170 g/mol. The van der Waals surface area contributed by atoms with Gasteiger partial charge in [-0.2, -0.15) is 0 Å². The molecular formula is C9H17NO3. The van der Waals surface area contributed by atoms with Crippen LogP contribution in [0.25, 0.3) is 0 Å². The van der Waals surface area contributed by atoms with Gasteiger partial charge in [-0.1, -0.05) is 0 Å². The second kappa shape index (κ2) is 5.19. The SMILES string of the molecule is CC(CCO)NC(=O)C1CCCO1. The van der Waals surface area contributed by atoms with E-state index in [4.69, 9.17) is 9.84 Å². The Kier molecular flexibility index (Phi) is 4.18. The fourth-order valence-corrected chi connectivity index (χ4v) is 1.39. The molecule has 1 rings (SSSR count). The lowest BCUT2D eigenvalue weighted by Crippen LogP contribution is -2.40. The fourth-order valence-electron chi connectivity index (χ4n) is 1.39. The van der Waals surface area contributed by atoms with E-state index in [0.717, 1.165) is 12.8 Å². The van der Waals surface area contributed by atoms with E-state index in [-0.39, 0.29) is 24.7 Å². The fraction of sp³-hybridized carbons (Fsp3) is 0.889. The first kappa shape index (κ1) is 10.5. The van der Waals surface area contributed by atoms with E-state index in [2.05, 4.69) is 5.32 Å². The number of aliphatic hydroxyl groups is 1. The summed E-state index contributed by atoms with van der Waals surface area (Å²) in [6.45, 7) is 2.67. The van der Waals surface area contributed by atoms with Crippen molar-refractivity contribution < 1.29 is 14.6 Å². The van der Waals surface area contributed by atoms with Crippen molar-refractivity contribution >= 4 is 5.91 Å². The molecule has 2 N–H and O–H groups in total. The van der Waals surface area contributed by atoms with E-state index in [1.165, 1.54) is 0 Å². The van der Waals surface area contributed by atoms with Crippen LogP contribution < -0.4 is 5.32 Å². The molecule has 1 aliphatic rings. The molecule has 0 spiro atoms. The monoisotopic (exact) mass is 187 g/mol. The zero-order valence-electron chi connectivity index (χ0n) is 7.95. The Morgan fingerprint density at radius 2 is 2.54 bits per heavy atom. The topological polar surface area (TPSA) is 58.6 Å². The molecule has 0 aromatic heterocycles. The second-order valence-electron chi connectivity index (χ2n) is 3.42. The molecule has 2 unspecified atom stereocenters. The van der Waals surface area contributed by atoms with Crippen LogP contribution in [0.1, 0.15) is 26.2 Å². The van der Waals surface area contributed by atoms with E-state index in [1.807, 2.05) is 6.92 Å². The summed E-state index contributed by atoms with van der Waals surface area (Å²) in [6, 6.07) is 0.0294. The third-order valence-corrected chi connectivity index (χ3v) is 2.17. The summed E-state index contributed by atoms with van der Waals surface area (Å²) >= 11 is 0. The molecule has 0 aromatic carbocycles. The maximum absolute atomic E-state index is 11.4. The second-order valence-corrected chi connectivity index (χ2v) is 3.42. The van der Waals surface area contributed by atoms with Crippen molar-refractivity contribution in [2.45, 2.75) is 38.3 Å². The number of ether oxygens (including phenoxy) is 1. The number of hydrogen-bond acceptors (Lipinski definition) is 3. The standard InChI is InChI=1S/C9H17NO3/c1-7(4-5-11)10-9(12)8-3-2-6-13-8/h7-8,11H,2-6H2,1H3,(H,10,12). The van der Waals surface area contributed by atoms with Crippen molar-refractivity contribution in [3.05, 3.63) is 0 Å². The largest absolute Gasteiger partial charge is 0.396 e. The number of hydrogen-bond donors (Lipinski definition) is 2. The molecule has 1 aliphatic heterocycles. The Balaban J connectivity index is 2.23. The van der Waals surface area contributed by atoms with Gasteiger partial charge < -0.3 is 15.2 Å². The van der Waals surface area contributed by atoms with Crippen LogP contribution in [0, 0.1) is 0 Å². The summed E-state index contributed by atoms with van der Waals surface area (Å²) in [5.41, 5.74) is 0. The van der Waals surface area contributed by atoms with E-state index in [9.17, 15) is 4.79 Å². The minimum absolute atomic E-state index is 0.0294. The van der Waals surface area contributed by atoms with Gasteiger partial charge in [-0.05, 0) is 26.2 Å². The van der Waals surface area contributed by atoms with Crippen molar-refractivity contribution in [3.63, 3.8) is 0 Å². The van der Waals surface area contributed by atoms with Gasteiger partial charge in [0.2, 0.25) is 5.91 Å². The highest BCUT2D eigenvalue weighted by atomic mass is 16.5. The summed E-state index contributed by atoms with van der Waals surface area (Å²) in [7, 11) is 0. The lowest BCUT2D eigenvalue weighted by molar-refractivity contribution is -0.130. The van der Waals surface area contributed by atoms with Crippen LogP contribution in [-0.4, -0.2) is 36.4 Å². The van der Waals surface area contributed by atoms with Gasteiger partial charge in [-0.15, -0.1) is 0 Å². The number of rotatable bonds is 4. The normalized spacial score (nSPS) is 24.3. The molecule has 0 aliphatic carbocycles. The van der Waals surface area contributed by atoms with Crippen LogP contribution in [0.3, 0.4) is 0 Å². The molecule has 13 heavy (non-hydrogen) atoms. The van der Waals surface area contributed by atoms with Crippen molar-refractivity contribution in [1.82, 2.24) is 5.32 Å². The number of carbonyl (C=O) groups is 1. The predicted octanol–water partition coefficient (Wildman–Crippen LogP) is 0.0525. The molecule has 1 fully saturated rings. The van der Waals surface area contributed by atoms with E-state index in [1.54, 1.807) is 0 Å². The first-order chi connectivity index (χ1) is 6.24. The number of carbonyl (C=O) groups excluding carboxylic acids is 1. The molecule has 1 amide bonds. The smallest absolute Gasteiger partial charge is 0.249 e. The van der Waals surface area contributed by atoms with Crippen molar-refractivity contribution in [1.29, 1.82) is 0 Å². The van der Waals surface area contributed by atoms with Crippen molar-refractivity contribution in [2.75, 3.05) is 13.2 Å². The first-order valence-corrected chi connectivity index (χ1v) is 4.77. The zero-order valence-corrected chi connectivity index (χ0v) is 7.95. The molecule has 0 radical (unpaired) electrons. The first-order valence-electron chi connectivity index (χ1n) is 4.77. The summed E-state index contributed by atoms with van der Waals surface area (Å²) in [5, 5.41) is 11.4. The lowest BCUT2D eigenvalue weighted by Gasteiger charge is -2.15. The lowest BCUT2D eigenvalue weighted by atomic mass is 10.2. The van der Waals surface area contributed by atoms with Crippen molar-refractivity contribution in [3.8, 4) is 0 Å². The Bertz CT molecular complexity index is 166. The third-order valence-electron chi connectivity index (χ3n) is 2.17. The van der Waals surface area contributed by atoms with Gasteiger partial charge in [0.1, 0.15) is 6.10 Å². The highest BCUT2D eigenvalue weighted by Crippen LogP contribution is 2.11. The number of nitrogens with one attached hydrogen (secondary N) is 1. The van der Waals surface area contributed by atoms with Gasteiger partial charge in [0.15, 0.2) is 0 Å². The minimum Gasteiger partial charge on any atom is -0.396 e. The summed E-state index contributed by atoms with van der Waals surface area (Å²) in [6.07, 6.45) is 2.11. The van der Waals surface area contributed by atoms with Gasteiger partial charge in [0.05, 0.1) is 0 Å². The molecule has 4 nitrogen and oxygen atoms in total. The molecule has 1 heterocycles. The maximum Gasteiger partial charge on any atom is 0.249 e. The highest BCUT2D eigenvalue weighted by Gasteiger charge is 2.24. The maximum atomic E-state index is 11.4. The van der Waals surface area contributed by atoms with Gasteiger partial charge in [0.25, 0.3) is 0 Å². The van der Waals surface area contributed by atoms with Crippen LogP contribution in [0.5, 0.6) is 0 Å². The summed E-state index contributed by atoms with van der Waals surface area (Å²) in [5.74, 6) is -0.0431. The third kappa shape index (κ3) is 3.32. The van der Waals surface area contributed by atoms with E-state index >= 15 is 0 Å². The Morgan fingerprint density at radius 3 is 3.08 bits per heavy atom. The van der Waals surface area contributed by atoms with Crippen LogP contribution in [0.2, 0.25) is 0 Å². The van der Waals surface area contributed by atoms with E-state index in [0.29, 0.717) is 13.0 Å². The molecule has 0 aromatic rings. The summed E-state index contributed by atoms with van der Waals surface area (Å²) < 4.78 is 5.22. The number of amides is 1. The molecule has 4 heteroatoms. The Hall–Kier alpha value is -0.610. The average molecular weight is 187 g/mol. The Morgan fingerprint density at radius 1 is 1.77 bits per heavy atom. The van der Waals surface area contributed by atoms with Crippen LogP contribution in [-0.2, 0) is 9.53 Å². The van der Waals surface area contributed by atoms with Gasteiger partial charge in [-0.3, -0.25) is 4.79 Å². The zero-order chi connectivity index (χ0) is 9.68. The highest BCUT2D eigenvalue weighted by molar-refractivity contribution is 5.81. The molecule has 0 saturated carbocycles.